The Bertz CT molecular complexity index is 2380. The third-order valence-corrected chi connectivity index (χ3v) is 10.4. The summed E-state index contributed by atoms with van der Waals surface area (Å²) in [5.74, 6) is -2.33. The van der Waals surface area contributed by atoms with E-state index < -0.39 is 53.7 Å². The van der Waals surface area contributed by atoms with Crippen LogP contribution in [0, 0.1) is 18.3 Å². The Balaban J connectivity index is 1.52. The van der Waals surface area contributed by atoms with Gasteiger partial charge in [0.15, 0.2) is 5.82 Å². The number of rotatable bonds is 15. The lowest BCUT2D eigenvalue weighted by Gasteiger charge is -2.27. The average Bonchev–Trinajstić information content (AvgIpc) is 3.27. The van der Waals surface area contributed by atoms with Gasteiger partial charge < -0.3 is 53.3 Å². The lowest BCUT2D eigenvalue weighted by atomic mass is 9.87. The fourth-order valence-corrected chi connectivity index (χ4v) is 6.96. The molecule has 11 N–H and O–H groups in total. The molecule has 0 saturated heterocycles. The molecule has 4 bridgehead atoms. The number of amides is 5. The molecule has 338 valence electrons. The highest BCUT2D eigenvalue weighted by Crippen LogP contribution is 2.39. The number of benzene rings is 3. The molecule has 5 amide bonds. The highest BCUT2D eigenvalue weighted by Gasteiger charge is 2.33. The van der Waals surface area contributed by atoms with Crippen LogP contribution < -0.4 is 53.3 Å². The van der Waals surface area contributed by atoms with Gasteiger partial charge in [-0.2, -0.15) is 5.26 Å². The molecular weight excluding hydrogens is 819 g/mol. The summed E-state index contributed by atoms with van der Waals surface area (Å²) in [7, 11) is 0. The molecule has 0 fully saturated rings. The number of hydrogen-bond acceptors (Lipinski definition) is 13. The van der Waals surface area contributed by atoms with Crippen LogP contribution in [-0.4, -0.2) is 97.0 Å². The van der Waals surface area contributed by atoms with Crippen LogP contribution in [0.3, 0.4) is 0 Å². The number of nitrogens with two attached hydrogens (primary N) is 3. The number of nitriles is 1. The number of aryl methyl sites for hydroxylation is 1. The Hall–Kier alpha value is -6.94. The van der Waals surface area contributed by atoms with Crippen molar-refractivity contribution in [2.75, 3.05) is 39.4 Å². The largest absolute Gasteiger partial charge is 0.492 e. The average molecular weight is 876 g/mol. The van der Waals surface area contributed by atoms with Gasteiger partial charge in [0.2, 0.25) is 23.6 Å². The van der Waals surface area contributed by atoms with E-state index in [2.05, 4.69) is 57.3 Å². The van der Waals surface area contributed by atoms with E-state index in [4.69, 9.17) is 31.9 Å². The second-order valence-corrected chi connectivity index (χ2v) is 16.3. The fraction of sp³-hybridized carbons (Fsp3) is 0.391. The van der Waals surface area contributed by atoms with E-state index >= 15 is 0 Å². The molecule has 0 aliphatic carbocycles. The summed E-state index contributed by atoms with van der Waals surface area (Å²) in [4.78, 5) is 78.3. The van der Waals surface area contributed by atoms with Gasteiger partial charge >= 0.3 is 0 Å². The summed E-state index contributed by atoms with van der Waals surface area (Å²) in [6, 6.07) is 14.7. The van der Waals surface area contributed by atoms with Crippen LogP contribution >= 0.6 is 0 Å². The quantitative estimate of drug-likeness (QED) is 0.0789. The first kappa shape index (κ1) is 48.1. The molecule has 4 atom stereocenters. The van der Waals surface area contributed by atoms with E-state index in [0.717, 1.165) is 11.1 Å². The van der Waals surface area contributed by atoms with Crippen molar-refractivity contribution >= 4 is 29.5 Å². The zero-order valence-electron chi connectivity index (χ0n) is 36.7. The second kappa shape index (κ2) is 21.9. The van der Waals surface area contributed by atoms with E-state index in [1.165, 1.54) is 13.1 Å². The van der Waals surface area contributed by atoms with Crippen LogP contribution in [0.15, 0.2) is 66.9 Å². The molecule has 5 rings (SSSR count). The number of nitrogens with zero attached hydrogens (tertiary/aromatic N) is 3. The first-order valence-electron chi connectivity index (χ1n) is 21.0. The van der Waals surface area contributed by atoms with Gasteiger partial charge in [0.1, 0.15) is 55.4 Å². The van der Waals surface area contributed by atoms with Gasteiger partial charge in [-0.3, -0.25) is 24.0 Å². The number of nitrogens with one attached hydrogen (secondary N) is 5. The van der Waals surface area contributed by atoms with Crippen LogP contribution in [0.1, 0.15) is 72.9 Å². The van der Waals surface area contributed by atoms with E-state index in [1.807, 2.05) is 30.3 Å². The Morgan fingerprint density at radius 2 is 1.56 bits per heavy atom. The van der Waals surface area contributed by atoms with E-state index in [9.17, 15) is 24.0 Å². The number of carbonyl (C=O) groups excluding carboxylic acids is 5. The molecular formula is C46H57N11O7. The monoisotopic (exact) mass is 875 g/mol. The maximum atomic E-state index is 14.3. The van der Waals surface area contributed by atoms with Gasteiger partial charge in [-0.1, -0.05) is 57.2 Å². The van der Waals surface area contributed by atoms with Gasteiger partial charge in [-0.25, -0.2) is 9.97 Å². The van der Waals surface area contributed by atoms with Gasteiger partial charge in [-0.05, 0) is 73.2 Å². The van der Waals surface area contributed by atoms with Crippen molar-refractivity contribution in [1.29, 1.82) is 5.26 Å². The molecule has 1 aliphatic heterocycles. The molecule has 18 nitrogen and oxygen atoms in total. The molecule has 4 aromatic rings. The smallest absolute Gasteiger partial charge is 0.255 e. The van der Waals surface area contributed by atoms with Crippen LogP contribution in [0.25, 0.3) is 22.5 Å². The first-order valence-corrected chi connectivity index (χ1v) is 21.0. The predicted octanol–water partition coefficient (Wildman–Crippen LogP) is 1.58. The van der Waals surface area contributed by atoms with Crippen molar-refractivity contribution in [1.82, 2.24) is 36.6 Å². The Morgan fingerprint density at radius 1 is 0.906 bits per heavy atom. The van der Waals surface area contributed by atoms with E-state index in [0.29, 0.717) is 39.7 Å². The van der Waals surface area contributed by atoms with Gasteiger partial charge in [0.05, 0.1) is 17.3 Å². The Kier molecular flexibility index (Phi) is 16.5. The number of aromatic nitrogens is 2. The van der Waals surface area contributed by atoms with Crippen molar-refractivity contribution in [3.8, 4) is 40.1 Å². The van der Waals surface area contributed by atoms with Crippen LogP contribution in [0.2, 0.25) is 0 Å². The summed E-state index contributed by atoms with van der Waals surface area (Å²) in [6.45, 7) is 9.81. The van der Waals surface area contributed by atoms with Crippen molar-refractivity contribution < 1.29 is 33.4 Å². The van der Waals surface area contributed by atoms with Gasteiger partial charge in [0.25, 0.3) is 5.91 Å². The van der Waals surface area contributed by atoms with Crippen LogP contribution in [-0.2, 0) is 31.0 Å². The minimum Gasteiger partial charge on any atom is -0.492 e. The number of ether oxygens (including phenoxy) is 2. The zero-order valence-corrected chi connectivity index (χ0v) is 36.7. The third kappa shape index (κ3) is 12.2. The van der Waals surface area contributed by atoms with Crippen LogP contribution in [0.5, 0.6) is 11.5 Å². The normalized spacial score (nSPS) is 16.8. The summed E-state index contributed by atoms with van der Waals surface area (Å²) in [6.07, 6.45) is 1.39. The Labute approximate surface area is 372 Å². The summed E-state index contributed by atoms with van der Waals surface area (Å²) in [5.41, 5.74) is 21.8. The van der Waals surface area contributed by atoms with Gasteiger partial charge in [-0.15, -0.1) is 0 Å². The van der Waals surface area contributed by atoms with E-state index in [-0.39, 0.29) is 68.8 Å². The first-order chi connectivity index (χ1) is 30.6. The number of hydrogen-bond donors (Lipinski definition) is 8. The summed E-state index contributed by atoms with van der Waals surface area (Å²) < 4.78 is 12.1. The minimum absolute atomic E-state index is 0.000691. The molecule has 2 heterocycles. The van der Waals surface area contributed by atoms with E-state index in [1.54, 1.807) is 43.3 Å². The molecule has 1 aliphatic rings. The van der Waals surface area contributed by atoms with Crippen molar-refractivity contribution in [2.24, 2.45) is 17.2 Å². The lowest BCUT2D eigenvalue weighted by Crippen LogP contribution is -2.55. The molecule has 3 aromatic carbocycles. The molecule has 18 heteroatoms. The molecule has 0 saturated carbocycles. The second-order valence-electron chi connectivity index (χ2n) is 16.3. The Morgan fingerprint density at radius 3 is 2.17 bits per heavy atom. The molecule has 0 radical (unpaired) electrons. The maximum absolute atomic E-state index is 14.3. The van der Waals surface area contributed by atoms with Crippen molar-refractivity contribution in [3.63, 3.8) is 0 Å². The highest BCUT2D eigenvalue weighted by molar-refractivity contribution is 6.00. The highest BCUT2D eigenvalue weighted by atomic mass is 16.5. The molecule has 0 spiro atoms. The standard InChI is InChI=1S/C46H57N11O7/c1-26-34(25-52-40(53-26)29-7-10-31(11-8-29)46(3,4)5)42(59)55-35(14-15-47)44(61)57-39-30-9-13-38(64-21-18-50)33(24-30)32-22-28(6-12-37(32)63-20-17-49)23-36(43(60)51-19-16-48)56-41(58)27(2)54-45(39)62/h6-13,22,24-25,27,35-36,39H,14-15,17-21,23,47,49-50H2,1-5H3,(H,51,60)(H,54,62)(H,55,59)(H,56,58)(H,57,61). The number of carbonyl (C=O) groups is 5. The van der Waals surface area contributed by atoms with Crippen molar-refractivity contribution in [2.45, 2.75) is 77.0 Å². The fourth-order valence-electron chi connectivity index (χ4n) is 6.96. The molecule has 4 unspecified atom stereocenters. The topological polar surface area (TPSA) is 292 Å². The minimum atomic E-state index is -1.45. The van der Waals surface area contributed by atoms with Gasteiger partial charge in [0, 0.05) is 42.4 Å². The SMILES string of the molecule is Cc1nc(-c2ccc(C(C)(C)C)cc2)ncc1C(=O)NC(CCN)C(=O)NC1C(=O)NC(C)C(=O)NC(C(=O)NCC#N)Cc2ccc(OCCN)c(c2)-c2cc1ccc2OCCN. The summed E-state index contributed by atoms with van der Waals surface area (Å²) >= 11 is 0. The number of fused-ring (bicyclic) bond motifs is 5. The lowest BCUT2D eigenvalue weighted by molar-refractivity contribution is -0.133. The third-order valence-electron chi connectivity index (χ3n) is 10.4. The predicted molar refractivity (Wildman–Crippen MR) is 240 cm³/mol. The molecule has 1 aromatic heterocycles. The molecule has 64 heavy (non-hydrogen) atoms. The maximum Gasteiger partial charge on any atom is 0.255 e. The van der Waals surface area contributed by atoms with Crippen molar-refractivity contribution in [3.05, 3.63) is 94.8 Å². The summed E-state index contributed by atoms with van der Waals surface area (Å²) in [5, 5.41) is 22.5. The van der Waals surface area contributed by atoms with Crippen LogP contribution in [0.4, 0.5) is 0 Å². The zero-order chi connectivity index (χ0) is 46.6.